The number of hydrogen-bond donors (Lipinski definition) is 1. The zero-order chi connectivity index (χ0) is 17.9. The van der Waals surface area contributed by atoms with Gasteiger partial charge in [-0.05, 0) is 37.5 Å². The zero-order valence-electron chi connectivity index (χ0n) is 14.6. The second-order valence-corrected chi connectivity index (χ2v) is 6.30. The molecule has 130 valence electrons. The highest BCUT2D eigenvalue weighted by Crippen LogP contribution is 2.36. The molecule has 1 aromatic rings. The van der Waals surface area contributed by atoms with Crippen molar-refractivity contribution in [1.29, 1.82) is 0 Å². The van der Waals surface area contributed by atoms with Gasteiger partial charge in [0, 0.05) is 12.1 Å². The molecule has 6 nitrogen and oxygen atoms in total. The quantitative estimate of drug-likeness (QED) is 0.810. The summed E-state index contributed by atoms with van der Waals surface area (Å²) in [4.78, 5) is 37.9. The van der Waals surface area contributed by atoms with Gasteiger partial charge in [0.2, 0.25) is 5.91 Å². The Bertz CT molecular complexity index is 654. The fraction of sp³-hybridized carbons (Fsp3) is 0.500. The Morgan fingerprint density at radius 1 is 1.33 bits per heavy atom. The van der Waals surface area contributed by atoms with Crippen LogP contribution in [0.2, 0.25) is 0 Å². The summed E-state index contributed by atoms with van der Waals surface area (Å²) in [6, 6.07) is 4.97. The minimum atomic E-state index is -0.639. The Kier molecular flexibility index (Phi) is 5.59. The van der Waals surface area contributed by atoms with Gasteiger partial charge in [-0.15, -0.1) is 0 Å². The number of carbonyl (C=O) groups is 3. The fourth-order valence-corrected chi connectivity index (χ4v) is 2.55. The first kappa shape index (κ1) is 18.0. The number of nitrogens with one attached hydrogen (secondary N) is 1. The molecular formula is C18H24N2O4. The fourth-order valence-electron chi connectivity index (χ4n) is 2.55. The van der Waals surface area contributed by atoms with Crippen LogP contribution in [0.5, 0.6) is 5.75 Å². The van der Waals surface area contributed by atoms with E-state index in [2.05, 4.69) is 5.32 Å². The maximum atomic E-state index is 12.8. The van der Waals surface area contributed by atoms with Crippen LogP contribution in [0.4, 0.5) is 5.69 Å². The molecule has 24 heavy (non-hydrogen) atoms. The first-order valence-electron chi connectivity index (χ1n) is 8.24. The highest BCUT2D eigenvalue weighted by molar-refractivity contribution is 6.05. The number of ketones is 1. The van der Waals surface area contributed by atoms with Crippen molar-refractivity contribution in [2.24, 2.45) is 5.92 Å². The van der Waals surface area contributed by atoms with Crippen LogP contribution in [0.1, 0.15) is 44.5 Å². The molecular weight excluding hydrogens is 308 g/mol. The molecule has 0 aromatic heterocycles. The number of anilines is 1. The van der Waals surface area contributed by atoms with Crippen molar-refractivity contribution in [2.75, 3.05) is 18.0 Å². The molecule has 1 atom stereocenters. The standard InChI is InChI=1S/C18H24N2O4/c1-5-8-19-16(22)10-20-14-9-13(12(4)21)6-7-15(14)24-17(11(2)3)18(20)23/h6-7,9,11,17H,5,8,10H2,1-4H3,(H,19,22). The molecule has 1 N–H and O–H groups in total. The lowest BCUT2D eigenvalue weighted by Gasteiger charge is -2.35. The highest BCUT2D eigenvalue weighted by Gasteiger charge is 2.37. The van der Waals surface area contributed by atoms with Crippen molar-refractivity contribution in [2.45, 2.75) is 40.2 Å². The molecule has 1 aromatic carbocycles. The number of nitrogens with zero attached hydrogens (tertiary/aromatic N) is 1. The molecule has 2 rings (SSSR count). The van der Waals surface area contributed by atoms with Gasteiger partial charge < -0.3 is 10.1 Å². The lowest BCUT2D eigenvalue weighted by atomic mass is 10.0. The predicted octanol–water partition coefficient (Wildman–Crippen LogP) is 2.17. The van der Waals surface area contributed by atoms with E-state index in [4.69, 9.17) is 4.74 Å². The van der Waals surface area contributed by atoms with Crippen molar-refractivity contribution < 1.29 is 19.1 Å². The molecule has 0 fully saturated rings. The third-order valence-electron chi connectivity index (χ3n) is 3.90. The maximum Gasteiger partial charge on any atom is 0.268 e. The van der Waals surface area contributed by atoms with E-state index in [0.29, 0.717) is 23.5 Å². The van der Waals surface area contributed by atoms with Crippen molar-refractivity contribution in [3.63, 3.8) is 0 Å². The normalized spacial score (nSPS) is 16.6. The summed E-state index contributed by atoms with van der Waals surface area (Å²) in [6.07, 6.45) is 0.183. The van der Waals surface area contributed by atoms with Crippen LogP contribution in [0.25, 0.3) is 0 Å². The van der Waals surface area contributed by atoms with Gasteiger partial charge in [-0.25, -0.2) is 0 Å². The monoisotopic (exact) mass is 332 g/mol. The summed E-state index contributed by atoms with van der Waals surface area (Å²) in [7, 11) is 0. The topological polar surface area (TPSA) is 75.7 Å². The Hall–Kier alpha value is -2.37. The summed E-state index contributed by atoms with van der Waals surface area (Å²) in [6.45, 7) is 7.69. The number of benzene rings is 1. The van der Waals surface area contributed by atoms with Crippen molar-refractivity contribution in [3.05, 3.63) is 23.8 Å². The van der Waals surface area contributed by atoms with Gasteiger partial charge in [0.15, 0.2) is 11.9 Å². The van der Waals surface area contributed by atoms with E-state index >= 15 is 0 Å². The average molecular weight is 332 g/mol. The van der Waals surface area contributed by atoms with E-state index < -0.39 is 6.10 Å². The number of hydrogen-bond acceptors (Lipinski definition) is 4. The molecule has 1 heterocycles. The van der Waals surface area contributed by atoms with Crippen LogP contribution < -0.4 is 15.0 Å². The third kappa shape index (κ3) is 3.75. The van der Waals surface area contributed by atoms with E-state index in [1.807, 2.05) is 20.8 Å². The van der Waals surface area contributed by atoms with Gasteiger partial charge >= 0.3 is 0 Å². The summed E-state index contributed by atoms with van der Waals surface area (Å²) in [5.41, 5.74) is 0.948. The Morgan fingerprint density at radius 3 is 2.62 bits per heavy atom. The summed E-state index contributed by atoms with van der Waals surface area (Å²) in [5.74, 6) is -0.105. The SMILES string of the molecule is CCCNC(=O)CN1C(=O)C(C(C)C)Oc2ccc(C(C)=O)cc21. The molecule has 1 aliphatic heterocycles. The van der Waals surface area contributed by atoms with E-state index in [9.17, 15) is 14.4 Å². The van der Waals surface area contributed by atoms with E-state index in [0.717, 1.165) is 6.42 Å². The van der Waals surface area contributed by atoms with Gasteiger partial charge in [-0.1, -0.05) is 20.8 Å². The molecule has 6 heteroatoms. The molecule has 2 amide bonds. The van der Waals surface area contributed by atoms with Gasteiger partial charge in [0.05, 0.1) is 5.69 Å². The lowest BCUT2D eigenvalue weighted by molar-refractivity contribution is -0.130. The first-order valence-corrected chi connectivity index (χ1v) is 8.24. The van der Waals surface area contributed by atoms with E-state index in [1.165, 1.54) is 11.8 Å². The number of ether oxygens (including phenoxy) is 1. The van der Waals surface area contributed by atoms with Crippen LogP contribution >= 0.6 is 0 Å². The van der Waals surface area contributed by atoms with Crippen LogP contribution in [0.15, 0.2) is 18.2 Å². The van der Waals surface area contributed by atoms with Gasteiger partial charge in [0.25, 0.3) is 5.91 Å². The second kappa shape index (κ2) is 7.47. The smallest absolute Gasteiger partial charge is 0.268 e. The lowest BCUT2D eigenvalue weighted by Crippen LogP contribution is -2.51. The molecule has 1 aliphatic rings. The molecule has 1 unspecified atom stereocenters. The molecule has 0 aliphatic carbocycles. The molecule has 0 bridgehead atoms. The van der Waals surface area contributed by atoms with Gasteiger partial charge in [-0.3, -0.25) is 19.3 Å². The minimum Gasteiger partial charge on any atom is -0.478 e. The van der Waals surface area contributed by atoms with Gasteiger partial charge in [-0.2, -0.15) is 0 Å². The Balaban J connectivity index is 2.38. The van der Waals surface area contributed by atoms with E-state index in [-0.39, 0.29) is 30.1 Å². The van der Waals surface area contributed by atoms with Gasteiger partial charge in [0.1, 0.15) is 12.3 Å². The van der Waals surface area contributed by atoms with Crippen LogP contribution in [-0.2, 0) is 9.59 Å². The summed E-state index contributed by atoms with van der Waals surface area (Å²) >= 11 is 0. The van der Waals surface area contributed by atoms with E-state index in [1.54, 1.807) is 18.2 Å². The average Bonchev–Trinajstić information content (AvgIpc) is 2.54. The molecule has 0 radical (unpaired) electrons. The summed E-state index contributed by atoms with van der Waals surface area (Å²) < 4.78 is 5.80. The molecule has 0 spiro atoms. The number of rotatable bonds is 6. The second-order valence-electron chi connectivity index (χ2n) is 6.30. The number of carbonyl (C=O) groups excluding carboxylic acids is 3. The van der Waals surface area contributed by atoms with Crippen LogP contribution in [0, 0.1) is 5.92 Å². The number of fused-ring (bicyclic) bond motifs is 1. The largest absolute Gasteiger partial charge is 0.478 e. The Labute approximate surface area is 142 Å². The Morgan fingerprint density at radius 2 is 2.04 bits per heavy atom. The number of amides is 2. The minimum absolute atomic E-state index is 0.0284. The third-order valence-corrected chi connectivity index (χ3v) is 3.90. The number of Topliss-reactive ketones (excluding diaryl/α,β-unsaturated/α-hetero) is 1. The summed E-state index contributed by atoms with van der Waals surface area (Å²) in [5, 5.41) is 2.77. The van der Waals surface area contributed by atoms with Crippen LogP contribution in [-0.4, -0.2) is 36.8 Å². The molecule has 0 saturated heterocycles. The molecule has 0 saturated carbocycles. The predicted molar refractivity (Wildman–Crippen MR) is 91.4 cm³/mol. The van der Waals surface area contributed by atoms with Crippen molar-refractivity contribution in [3.8, 4) is 5.75 Å². The first-order chi connectivity index (χ1) is 11.3. The maximum absolute atomic E-state index is 12.8. The van der Waals surface area contributed by atoms with Crippen LogP contribution in [0.3, 0.4) is 0 Å². The highest BCUT2D eigenvalue weighted by atomic mass is 16.5. The zero-order valence-corrected chi connectivity index (χ0v) is 14.6. The van der Waals surface area contributed by atoms with Crippen molar-refractivity contribution in [1.82, 2.24) is 5.32 Å². The van der Waals surface area contributed by atoms with Crippen molar-refractivity contribution >= 4 is 23.3 Å².